The van der Waals surface area contributed by atoms with E-state index < -0.39 is 0 Å². The summed E-state index contributed by atoms with van der Waals surface area (Å²) in [6.45, 7) is 2.50. The quantitative estimate of drug-likeness (QED) is 0.285. The molecule has 1 saturated heterocycles. The van der Waals surface area contributed by atoms with Gasteiger partial charge in [-0.25, -0.2) is 0 Å². The second-order valence-electron chi connectivity index (χ2n) is 0.886. The van der Waals surface area contributed by atoms with Crippen molar-refractivity contribution in [2.24, 2.45) is 5.73 Å². The van der Waals surface area contributed by atoms with Crippen molar-refractivity contribution in [3.05, 3.63) is 0 Å². The minimum atomic E-state index is 0.250. The van der Waals surface area contributed by atoms with Gasteiger partial charge >= 0.3 is 0 Å². The molecule has 0 bridgehead atoms. The maximum atomic E-state index is 8.58. The Morgan fingerprint density at radius 2 is 1.83 bits per heavy atom. The first kappa shape index (κ1) is 5.43. The Bertz CT molecular complexity index is 33.0. The highest BCUT2D eigenvalue weighted by atomic mass is 16.1. The number of nitrogens with two attached hydrogens (primary N) is 1. The van der Waals surface area contributed by atoms with Crippen LogP contribution in [0.1, 0.15) is 0 Å². The van der Waals surface area contributed by atoms with Gasteiger partial charge in [0.15, 0.2) is 0 Å². The number of hydrogen-bond donors (Lipinski definition) is 2. The smallest absolute Gasteiger partial charge is 0.204 e. The molecule has 6 heavy (non-hydrogen) atoms. The van der Waals surface area contributed by atoms with Crippen molar-refractivity contribution >= 4 is 6.41 Å². The average molecular weight is 88.1 g/mol. The van der Waals surface area contributed by atoms with Crippen LogP contribution < -0.4 is 11.1 Å². The summed E-state index contributed by atoms with van der Waals surface area (Å²) >= 11 is 0. The monoisotopic (exact) mass is 88.1 g/mol. The van der Waals surface area contributed by atoms with Crippen LogP contribution in [-0.4, -0.2) is 19.5 Å². The zero-order valence-electron chi connectivity index (χ0n) is 3.48. The van der Waals surface area contributed by atoms with Crippen LogP contribution in [-0.2, 0) is 4.79 Å². The van der Waals surface area contributed by atoms with E-state index in [0.717, 1.165) is 0 Å². The molecule has 0 radical (unpaired) electrons. The SMILES string of the molecule is C1CN1.NC=O. The molecule has 0 atom stereocenters. The maximum Gasteiger partial charge on any atom is 0.204 e. The van der Waals surface area contributed by atoms with Gasteiger partial charge in [0, 0.05) is 13.1 Å². The highest BCUT2D eigenvalue weighted by molar-refractivity contribution is 5.42. The topological polar surface area (TPSA) is 65.0 Å². The molecule has 1 amide bonds. The van der Waals surface area contributed by atoms with Crippen LogP contribution in [0.5, 0.6) is 0 Å². The standard InChI is InChI=1S/C2H5N.CH3NO/c1-2-3-1;2-1-3/h3H,1-2H2;1H,(H2,2,3). The lowest BCUT2D eigenvalue weighted by Gasteiger charge is -1.32. The number of carbonyl (C=O) groups excluding carboxylic acids is 1. The van der Waals surface area contributed by atoms with Gasteiger partial charge in [0.05, 0.1) is 0 Å². The third-order valence-corrected chi connectivity index (χ3v) is 0.250. The Balaban J connectivity index is 0.0000000833. The molecule has 0 aliphatic carbocycles. The van der Waals surface area contributed by atoms with E-state index in [4.69, 9.17) is 4.79 Å². The Morgan fingerprint density at radius 3 is 1.83 bits per heavy atom. The largest absolute Gasteiger partial charge is 0.372 e. The van der Waals surface area contributed by atoms with Crippen molar-refractivity contribution in [2.75, 3.05) is 13.1 Å². The average Bonchev–Trinajstić information content (AvgIpc) is 2.11. The number of rotatable bonds is 0. The molecule has 1 heterocycles. The second-order valence-corrected chi connectivity index (χ2v) is 0.886. The van der Waals surface area contributed by atoms with Gasteiger partial charge in [-0.15, -0.1) is 0 Å². The van der Waals surface area contributed by atoms with Gasteiger partial charge in [-0.2, -0.15) is 0 Å². The van der Waals surface area contributed by atoms with Crippen LogP contribution in [0, 0.1) is 0 Å². The third kappa shape index (κ3) is 110. The van der Waals surface area contributed by atoms with E-state index in [2.05, 4.69) is 11.1 Å². The molecule has 0 aromatic heterocycles. The summed E-state index contributed by atoms with van der Waals surface area (Å²) in [4.78, 5) is 8.58. The molecule has 3 heteroatoms. The predicted molar refractivity (Wildman–Crippen MR) is 23.1 cm³/mol. The zero-order valence-corrected chi connectivity index (χ0v) is 3.48. The van der Waals surface area contributed by atoms with Gasteiger partial charge in [-0.3, -0.25) is 4.79 Å². The third-order valence-electron chi connectivity index (χ3n) is 0.250. The van der Waals surface area contributed by atoms with Crippen molar-refractivity contribution in [2.45, 2.75) is 0 Å². The molecule has 0 aromatic rings. The molecule has 3 N–H and O–H groups in total. The molecule has 0 saturated carbocycles. The molecule has 3 nitrogen and oxygen atoms in total. The van der Waals surface area contributed by atoms with Gasteiger partial charge in [-0.1, -0.05) is 0 Å². The summed E-state index contributed by atoms with van der Waals surface area (Å²) < 4.78 is 0. The molecule has 1 aliphatic heterocycles. The Morgan fingerprint density at radius 1 is 1.67 bits per heavy atom. The molecule has 1 rings (SSSR count). The van der Waals surface area contributed by atoms with Gasteiger partial charge in [0.2, 0.25) is 6.41 Å². The normalized spacial score (nSPS) is 14.0. The predicted octanol–water partition coefficient (Wildman–Crippen LogP) is -1.31. The fourth-order valence-electron chi connectivity index (χ4n) is 0. The number of hydrogen-bond acceptors (Lipinski definition) is 2. The first-order chi connectivity index (χ1) is 2.91. The van der Waals surface area contributed by atoms with Crippen LogP contribution in [0.25, 0.3) is 0 Å². The molecule has 1 aliphatic rings. The summed E-state index contributed by atoms with van der Waals surface area (Å²) in [5, 5.41) is 3.00. The van der Waals surface area contributed by atoms with Crippen LogP contribution in [0.2, 0.25) is 0 Å². The van der Waals surface area contributed by atoms with Crippen molar-refractivity contribution < 1.29 is 4.79 Å². The fraction of sp³-hybridized carbons (Fsp3) is 0.667. The van der Waals surface area contributed by atoms with Gasteiger partial charge in [0.25, 0.3) is 0 Å². The van der Waals surface area contributed by atoms with E-state index in [9.17, 15) is 0 Å². The summed E-state index contributed by atoms with van der Waals surface area (Å²) in [6, 6.07) is 0. The Hall–Kier alpha value is -0.570. The summed E-state index contributed by atoms with van der Waals surface area (Å²) in [5.41, 5.74) is 4.17. The lowest BCUT2D eigenvalue weighted by molar-refractivity contribution is -0.106. The highest BCUT2D eigenvalue weighted by Gasteiger charge is 1.91. The lowest BCUT2D eigenvalue weighted by Crippen LogP contribution is -1.82. The number of carbonyl (C=O) groups is 1. The summed E-state index contributed by atoms with van der Waals surface area (Å²) in [5.74, 6) is 0. The summed E-state index contributed by atoms with van der Waals surface area (Å²) in [7, 11) is 0. The van der Waals surface area contributed by atoms with E-state index in [0.29, 0.717) is 0 Å². The lowest BCUT2D eigenvalue weighted by atomic mass is 11.0. The second kappa shape index (κ2) is 4.43. The van der Waals surface area contributed by atoms with E-state index in [-0.39, 0.29) is 6.41 Å². The number of primary amides is 1. The Labute approximate surface area is 36.5 Å². The molecule has 0 spiro atoms. The highest BCUT2D eigenvalue weighted by Crippen LogP contribution is 1.65. The van der Waals surface area contributed by atoms with Crippen LogP contribution in [0.15, 0.2) is 0 Å². The number of amides is 1. The first-order valence-corrected chi connectivity index (χ1v) is 1.78. The summed E-state index contributed by atoms with van der Waals surface area (Å²) in [6.07, 6.45) is 0.250. The molecule has 36 valence electrons. The van der Waals surface area contributed by atoms with Crippen molar-refractivity contribution in [3.8, 4) is 0 Å². The maximum absolute atomic E-state index is 8.58. The minimum absolute atomic E-state index is 0.250. The van der Waals surface area contributed by atoms with Gasteiger partial charge < -0.3 is 11.1 Å². The molecule has 1 fully saturated rings. The van der Waals surface area contributed by atoms with Crippen LogP contribution in [0.4, 0.5) is 0 Å². The molecular weight excluding hydrogens is 80.0 g/mol. The molecule has 0 unspecified atom stereocenters. The van der Waals surface area contributed by atoms with Crippen molar-refractivity contribution in [3.63, 3.8) is 0 Å². The molecular formula is C3H8N2O. The van der Waals surface area contributed by atoms with Crippen molar-refractivity contribution in [1.82, 2.24) is 5.32 Å². The van der Waals surface area contributed by atoms with Gasteiger partial charge in [0.1, 0.15) is 0 Å². The molecule has 0 aromatic carbocycles. The first-order valence-electron chi connectivity index (χ1n) is 1.78. The van der Waals surface area contributed by atoms with E-state index in [1.165, 1.54) is 13.1 Å². The van der Waals surface area contributed by atoms with E-state index in [1.807, 2.05) is 0 Å². The fourth-order valence-corrected chi connectivity index (χ4v) is 0. The van der Waals surface area contributed by atoms with Crippen LogP contribution in [0.3, 0.4) is 0 Å². The van der Waals surface area contributed by atoms with E-state index >= 15 is 0 Å². The van der Waals surface area contributed by atoms with E-state index in [1.54, 1.807) is 0 Å². The number of nitrogens with one attached hydrogen (secondary N) is 1. The minimum Gasteiger partial charge on any atom is -0.372 e. The van der Waals surface area contributed by atoms with Crippen LogP contribution >= 0.6 is 0 Å². The Kier molecular flexibility index (Phi) is 4.01. The zero-order chi connectivity index (χ0) is 4.83. The van der Waals surface area contributed by atoms with Crippen molar-refractivity contribution in [1.29, 1.82) is 0 Å². The van der Waals surface area contributed by atoms with Gasteiger partial charge in [-0.05, 0) is 0 Å².